The average molecular weight is 693 g/mol. The molecule has 2 aromatic rings. The molecule has 2 fully saturated rings. The largest absolute Gasteiger partial charge is 0.519 e. The summed E-state index contributed by atoms with van der Waals surface area (Å²) in [4.78, 5) is 82.9. The summed E-state index contributed by atoms with van der Waals surface area (Å²) in [6.07, 6.45) is 1.66. The summed E-state index contributed by atoms with van der Waals surface area (Å²) in [6.45, 7) is 1.49. The topological polar surface area (TPSA) is 264 Å². The predicted molar refractivity (Wildman–Crippen MR) is 161 cm³/mol. The first kappa shape index (κ1) is 33.2. The zero-order chi connectivity index (χ0) is 33.8. The van der Waals surface area contributed by atoms with E-state index in [1.165, 1.54) is 29.7 Å². The second-order valence-corrected chi connectivity index (χ2v) is 12.1. The first-order valence-electron chi connectivity index (χ1n) is 13.9. The standard InChI is InChI=1S/C26H28N8O11S2/c1-12-16(45-26(41)44-12)9-43-25(40)32-4-3-15(8-32)33-5-2-13(22(33)37)6-14-10-46-11-34(19(14)23(38)39)17(35)7-28-21(36)18(30-42)20-29-24(27)47-31-20/h6,15,42H,2-5,7-11H2,1H3,(H,28,36)(H,38,39)(H2,27,29,31)/b13-6+,30-18-/t15-/m1/s1. The molecule has 0 spiro atoms. The molecule has 3 aliphatic heterocycles. The minimum absolute atomic E-state index is 0.0193. The average Bonchev–Trinajstić information content (AvgIpc) is 3.83. The van der Waals surface area contributed by atoms with E-state index in [9.17, 15) is 39.1 Å². The van der Waals surface area contributed by atoms with Crippen LogP contribution >= 0.6 is 23.3 Å². The third-order valence-corrected chi connectivity index (χ3v) is 8.95. The second kappa shape index (κ2) is 14.1. The molecule has 0 unspecified atom stereocenters. The Balaban J connectivity index is 1.21. The Labute approximate surface area is 272 Å². The number of aryl methyl sites for hydroxylation is 1. The van der Waals surface area contributed by atoms with Gasteiger partial charge in [0.25, 0.3) is 5.91 Å². The van der Waals surface area contributed by atoms with E-state index >= 15 is 0 Å². The number of hydrogen-bond donors (Lipinski definition) is 4. The summed E-state index contributed by atoms with van der Waals surface area (Å²) in [5.74, 6) is -4.09. The van der Waals surface area contributed by atoms with Crippen molar-refractivity contribution in [1.29, 1.82) is 0 Å². The lowest BCUT2D eigenvalue weighted by Gasteiger charge is -2.29. The molecule has 5 rings (SSSR count). The Morgan fingerprint density at radius 1 is 1.23 bits per heavy atom. The molecule has 4 amide bonds. The van der Waals surface area contributed by atoms with Crippen molar-refractivity contribution in [1.82, 2.24) is 29.4 Å². The first-order chi connectivity index (χ1) is 22.5. The number of carboxylic acids is 1. The zero-order valence-corrected chi connectivity index (χ0v) is 26.3. The molecule has 3 aliphatic rings. The number of oxime groups is 1. The van der Waals surface area contributed by atoms with Crippen molar-refractivity contribution in [3.05, 3.63) is 50.9 Å². The lowest BCUT2D eigenvalue weighted by Crippen LogP contribution is -2.44. The maximum atomic E-state index is 13.4. The van der Waals surface area contributed by atoms with Gasteiger partial charge in [-0.05, 0) is 31.4 Å². The molecule has 2 aromatic heterocycles. The number of aliphatic carboxylic acids is 1. The molecule has 2 saturated heterocycles. The van der Waals surface area contributed by atoms with Crippen molar-refractivity contribution in [2.45, 2.75) is 32.4 Å². The normalized spacial score (nSPS) is 19.6. The number of aromatic nitrogens is 2. The van der Waals surface area contributed by atoms with Gasteiger partial charge in [0, 0.05) is 42.5 Å². The molecule has 250 valence electrons. The zero-order valence-electron chi connectivity index (χ0n) is 24.7. The number of carbonyl (C=O) groups is 5. The van der Waals surface area contributed by atoms with Gasteiger partial charge in [-0.25, -0.2) is 14.4 Å². The number of nitrogens with zero attached hydrogens (tertiary/aromatic N) is 6. The highest BCUT2D eigenvalue weighted by atomic mass is 32.2. The van der Waals surface area contributed by atoms with Gasteiger partial charge in [-0.15, -0.1) is 11.8 Å². The highest BCUT2D eigenvalue weighted by Gasteiger charge is 2.38. The van der Waals surface area contributed by atoms with Crippen molar-refractivity contribution >= 4 is 63.9 Å². The Bertz CT molecular complexity index is 1760. The number of nitrogens with two attached hydrogens (primary N) is 1. The lowest BCUT2D eigenvalue weighted by molar-refractivity contribution is -0.139. The number of nitrogens with one attached hydrogen (secondary N) is 1. The number of rotatable bonds is 9. The summed E-state index contributed by atoms with van der Waals surface area (Å²) in [6, 6.07) is -0.298. The summed E-state index contributed by atoms with van der Waals surface area (Å²) in [5, 5.41) is 24.4. The number of hydrogen-bond acceptors (Lipinski definition) is 16. The molecule has 47 heavy (non-hydrogen) atoms. The molecule has 0 saturated carbocycles. The minimum atomic E-state index is -1.39. The van der Waals surface area contributed by atoms with Gasteiger partial charge in [-0.3, -0.25) is 19.3 Å². The van der Waals surface area contributed by atoms with Gasteiger partial charge in [0.2, 0.25) is 23.4 Å². The van der Waals surface area contributed by atoms with Crippen molar-refractivity contribution in [2.24, 2.45) is 5.16 Å². The fourth-order valence-corrected chi connectivity index (χ4v) is 6.61. The maximum absolute atomic E-state index is 13.4. The van der Waals surface area contributed by atoms with Gasteiger partial charge in [0.05, 0.1) is 18.5 Å². The van der Waals surface area contributed by atoms with E-state index in [4.69, 9.17) is 19.3 Å². The molecule has 0 aromatic carbocycles. The quantitative estimate of drug-likeness (QED) is 0.114. The summed E-state index contributed by atoms with van der Waals surface area (Å²) >= 11 is 2.01. The van der Waals surface area contributed by atoms with Crippen molar-refractivity contribution < 1.29 is 47.9 Å². The Morgan fingerprint density at radius 3 is 2.68 bits per heavy atom. The van der Waals surface area contributed by atoms with Gasteiger partial charge >= 0.3 is 17.9 Å². The number of thioether (sulfide) groups is 1. The highest BCUT2D eigenvalue weighted by Crippen LogP contribution is 2.31. The Kier molecular flexibility index (Phi) is 9.94. The number of likely N-dealkylation sites (tertiary alicyclic amines) is 2. The molecule has 1 atom stereocenters. The van der Waals surface area contributed by atoms with E-state index < -0.39 is 42.0 Å². The monoisotopic (exact) mass is 692 g/mol. The molecule has 19 nitrogen and oxygen atoms in total. The van der Waals surface area contributed by atoms with E-state index in [0.29, 0.717) is 31.5 Å². The number of nitrogen functional groups attached to an aromatic ring is 1. The fraction of sp³-hybridized carbons (Fsp3) is 0.423. The SMILES string of the molecule is Cc1oc(=O)oc1COC(=O)N1CC[C@@H](N2CC/C(=C\C3=C(C(=O)O)N(C(=O)CNC(=O)/C(=N\O)c4nsc(N)n4)CSC3)C2=O)C1. The number of amides is 4. The van der Waals surface area contributed by atoms with Crippen LogP contribution in [-0.4, -0.2) is 114 Å². The molecular weight excluding hydrogens is 664 g/mol. The lowest BCUT2D eigenvalue weighted by atomic mass is 10.1. The first-order valence-corrected chi connectivity index (χ1v) is 15.9. The molecule has 5 N–H and O–H groups in total. The van der Waals surface area contributed by atoms with Gasteiger partial charge < -0.3 is 44.7 Å². The van der Waals surface area contributed by atoms with Crippen LogP contribution in [0.4, 0.5) is 9.93 Å². The third-order valence-electron chi connectivity index (χ3n) is 7.46. The summed E-state index contributed by atoms with van der Waals surface area (Å²) < 4.78 is 18.6. The third kappa shape index (κ3) is 7.30. The van der Waals surface area contributed by atoms with Gasteiger partial charge in [-0.1, -0.05) is 5.16 Å². The van der Waals surface area contributed by atoms with Crippen LogP contribution in [-0.2, 0) is 30.5 Å². The number of carboxylic acid groups (broad SMARTS) is 1. The summed E-state index contributed by atoms with van der Waals surface area (Å²) in [7, 11) is 0. The van der Waals surface area contributed by atoms with E-state index in [0.717, 1.165) is 16.4 Å². The number of anilines is 1. The molecule has 21 heteroatoms. The molecule has 0 radical (unpaired) electrons. The Morgan fingerprint density at radius 2 is 2.02 bits per heavy atom. The van der Waals surface area contributed by atoms with E-state index in [-0.39, 0.29) is 70.5 Å². The number of allylic oxidation sites excluding steroid dienone is 1. The molecular formula is C26H28N8O11S2. The van der Waals surface area contributed by atoms with Crippen LogP contribution in [0.5, 0.6) is 0 Å². The van der Waals surface area contributed by atoms with Crippen molar-refractivity contribution in [2.75, 3.05) is 43.5 Å². The van der Waals surface area contributed by atoms with E-state index in [2.05, 4.69) is 19.8 Å². The van der Waals surface area contributed by atoms with Crippen LogP contribution in [0.1, 0.15) is 30.2 Å². The van der Waals surface area contributed by atoms with Crippen LogP contribution in [0.15, 0.2) is 41.7 Å². The molecule has 5 heterocycles. The smallest absolute Gasteiger partial charge is 0.477 e. The fourth-order valence-electron chi connectivity index (χ4n) is 5.18. The van der Waals surface area contributed by atoms with Crippen molar-refractivity contribution in [3.63, 3.8) is 0 Å². The molecule has 0 bridgehead atoms. The molecule has 0 aliphatic carbocycles. The van der Waals surface area contributed by atoms with Crippen LogP contribution in [0, 0.1) is 6.92 Å². The van der Waals surface area contributed by atoms with Crippen LogP contribution in [0.3, 0.4) is 0 Å². The van der Waals surface area contributed by atoms with Crippen LogP contribution in [0.25, 0.3) is 0 Å². The van der Waals surface area contributed by atoms with Gasteiger partial charge in [0.15, 0.2) is 23.3 Å². The second-order valence-electron chi connectivity index (χ2n) is 10.4. The van der Waals surface area contributed by atoms with E-state index in [1.54, 1.807) is 4.90 Å². The van der Waals surface area contributed by atoms with Gasteiger partial charge in [-0.2, -0.15) is 9.36 Å². The number of ether oxygens (including phenoxy) is 1. The highest BCUT2D eigenvalue weighted by molar-refractivity contribution is 7.99. The van der Waals surface area contributed by atoms with E-state index in [1.807, 2.05) is 0 Å². The minimum Gasteiger partial charge on any atom is -0.477 e. The van der Waals surface area contributed by atoms with Gasteiger partial charge in [0.1, 0.15) is 5.70 Å². The predicted octanol–water partition coefficient (Wildman–Crippen LogP) is -0.289. The van der Waals surface area contributed by atoms with Crippen LogP contribution < -0.4 is 16.9 Å². The van der Waals surface area contributed by atoms with Crippen molar-refractivity contribution in [3.8, 4) is 0 Å². The number of carbonyl (C=O) groups excluding carboxylic acids is 4. The van der Waals surface area contributed by atoms with Crippen LogP contribution in [0.2, 0.25) is 0 Å². The maximum Gasteiger partial charge on any atom is 0.519 e. The Hall–Kier alpha value is -5.18. The summed E-state index contributed by atoms with van der Waals surface area (Å²) in [5.41, 5.74) is 5.19.